The topological polar surface area (TPSA) is 131 Å². The molecule has 0 saturated heterocycles. The van der Waals surface area contributed by atoms with Crippen LogP contribution in [-0.2, 0) is 76.9 Å². The van der Waals surface area contributed by atoms with Crippen molar-refractivity contribution in [2.45, 2.75) is 241 Å². The third-order valence-corrected chi connectivity index (χ3v) is 25.8. The van der Waals surface area contributed by atoms with E-state index in [4.69, 9.17) is 0 Å². The zero-order chi connectivity index (χ0) is 84.0. The molecule has 0 atom stereocenters. The molecule has 0 unspecified atom stereocenters. The smallest absolute Gasteiger partial charge is 0.230 e. The van der Waals surface area contributed by atoms with Gasteiger partial charge in [-0.25, -0.2) is 24.9 Å². The molecule has 0 N–H and O–H groups in total. The zero-order valence-corrected chi connectivity index (χ0v) is 75.6. The molecule has 0 radical (unpaired) electrons. The first-order valence-electron chi connectivity index (χ1n) is 43.9. The van der Waals surface area contributed by atoms with Gasteiger partial charge in [0, 0.05) is 186 Å². The quantitative estimate of drug-likeness (QED) is 0.100. The van der Waals surface area contributed by atoms with Gasteiger partial charge in [0.2, 0.25) is 57.4 Å². The van der Waals surface area contributed by atoms with Crippen LogP contribution in [0.4, 0.5) is 0 Å². The molecule has 15 aromatic rings. The molecule has 15 heterocycles. The fourth-order valence-electron chi connectivity index (χ4n) is 19.4. The highest BCUT2D eigenvalue weighted by molar-refractivity contribution is 5.63. The lowest BCUT2D eigenvalue weighted by Crippen LogP contribution is -2.33. The summed E-state index contributed by atoms with van der Waals surface area (Å²) in [6, 6.07) is 12.0. The Balaban J connectivity index is 0.000000121. The summed E-state index contributed by atoms with van der Waals surface area (Å²) in [7, 11) is 21.2. The van der Waals surface area contributed by atoms with Crippen LogP contribution in [0.5, 0.6) is 0 Å². The zero-order valence-electron chi connectivity index (χ0n) is 75.6. The molecule has 118 heavy (non-hydrogen) atoms. The van der Waals surface area contributed by atoms with Crippen molar-refractivity contribution < 1.29 is 22.8 Å². The molecule has 15 aromatic heterocycles. The van der Waals surface area contributed by atoms with Crippen molar-refractivity contribution in [3.63, 3.8) is 0 Å². The molecule has 3 aliphatic carbocycles. The molecule has 0 aromatic carbocycles. The van der Waals surface area contributed by atoms with Gasteiger partial charge in [-0.3, -0.25) is 22.0 Å². The monoisotopic (exact) mass is 1590 g/mol. The number of rotatable bonds is 14. The summed E-state index contributed by atoms with van der Waals surface area (Å²) in [5, 5.41) is 0. The Labute approximate surface area is 700 Å². The van der Waals surface area contributed by atoms with Gasteiger partial charge in [-0.15, -0.1) is 0 Å². The van der Waals surface area contributed by atoms with E-state index in [2.05, 4.69) is 352 Å². The van der Waals surface area contributed by atoms with Gasteiger partial charge in [0.1, 0.15) is 63.7 Å². The van der Waals surface area contributed by atoms with E-state index in [-0.39, 0.29) is 5.41 Å². The average Bonchev–Trinajstić information content (AvgIpc) is 1.63. The van der Waals surface area contributed by atoms with Crippen LogP contribution in [0.15, 0.2) is 154 Å². The Morgan fingerprint density at radius 1 is 0.322 bits per heavy atom. The highest BCUT2D eigenvalue weighted by Crippen LogP contribution is 2.42. The second kappa shape index (κ2) is 34.8. The van der Waals surface area contributed by atoms with Gasteiger partial charge in [0.05, 0.1) is 0 Å². The molecule has 0 amide bonds. The number of fused-ring (bicyclic) bond motifs is 5. The molecule has 622 valence electrons. The van der Waals surface area contributed by atoms with E-state index in [0.717, 1.165) is 53.1 Å². The summed E-state index contributed by atoms with van der Waals surface area (Å²) >= 11 is 0. The lowest BCUT2D eigenvalue weighted by atomic mass is 9.80. The number of aryl methyl sites for hydroxylation is 11. The molecule has 20 nitrogen and oxygen atoms in total. The fraction of sp³-hybridized carbons (Fsp3) is 0.490. The van der Waals surface area contributed by atoms with Gasteiger partial charge in [-0.1, -0.05) is 141 Å². The van der Waals surface area contributed by atoms with Gasteiger partial charge in [-0.2, -0.15) is 22.8 Å². The molecular formula is C98H135N20+5. The number of hydrogen-bond acceptors (Lipinski definition) is 5. The Morgan fingerprint density at radius 2 is 0.576 bits per heavy atom. The Bertz CT molecular complexity index is 6020. The molecule has 18 rings (SSSR count). The van der Waals surface area contributed by atoms with Crippen LogP contribution < -0.4 is 22.8 Å². The predicted octanol–water partition coefficient (Wildman–Crippen LogP) is 19.1. The first-order valence-corrected chi connectivity index (χ1v) is 43.9. The normalized spacial score (nSPS) is 14.6. The SMILES string of the molecule is CC(C)c1c[n+](C)c(-c2cn3ccnc3n2C)cc1C1CCCC1.CC(C)c1c[n+](C)c(-c2cn3ccnc3n2C)cc1C1CCCCC1.CC(C)c1c[n+](C)c(-c2cn3ccnc3n2C)cc1CC(C)(C)C.CC(C)c1cc(-c2cn3ccnc3n2C)[n+](C)cc1C(C)C.Cc1c[n+](C)c(-c2cn3ccnc3n2C)cc1C1CCCCC1. The number of imidazole rings is 10. The summed E-state index contributed by atoms with van der Waals surface area (Å²) < 4.78 is 32.6. The van der Waals surface area contributed by atoms with Crippen LogP contribution in [0.3, 0.4) is 0 Å². The van der Waals surface area contributed by atoms with Crippen LogP contribution in [0.1, 0.15) is 283 Å². The van der Waals surface area contributed by atoms with E-state index in [9.17, 15) is 0 Å². The summed E-state index contributed by atoms with van der Waals surface area (Å²) in [5.74, 6) is 9.76. The van der Waals surface area contributed by atoms with Crippen molar-refractivity contribution >= 4 is 28.9 Å². The first kappa shape index (κ1) is 84.0. The minimum atomic E-state index is 0.267. The summed E-state index contributed by atoms with van der Waals surface area (Å²) in [6.07, 6.45) is 61.8. The standard InChI is InChI=1S/C21H29N4.C20H27N4.C20H29N4.C19H25N4.C18H25N4/c1-15(2)18-13-23(3)19(12-17(18)16-8-6-5-7-9-16)20-14-25-11-10-22-21(25)24(20)4;1-14(2)17-12-22(3)18(11-16(17)15-7-5-6-8-15)19-13-24-10-9-21-20(24)23(19)4;1-14(2)16-12-22(6)17(10-15(16)11-20(3,4)5)18-13-24-9-8-21-19(24)23(18)7;1-14-12-21(2)17(11-16(14)15-7-5-4-6-8-15)18-13-23-10-9-20-19(23)22(18)3;1-12(2)14-9-16(20(5)10-15(14)13(3)4)17-11-22-8-7-19-18(22)21(17)6/h10-16H,5-9H2,1-4H3;9-15H,5-8H2,1-4H3;8-10,12-14H,11H2,1-7H3;9-13,15H,4-8H2,1-3H3;7-13H,1-6H3/q5*+1. The van der Waals surface area contributed by atoms with Crippen LogP contribution in [0.2, 0.25) is 0 Å². The lowest BCUT2D eigenvalue weighted by Gasteiger charge is -2.25. The molecular weight excluding hydrogens is 1460 g/mol. The predicted molar refractivity (Wildman–Crippen MR) is 475 cm³/mol. The first-order chi connectivity index (χ1) is 56.3. The third kappa shape index (κ3) is 17.1. The van der Waals surface area contributed by atoms with Crippen LogP contribution in [0, 0.1) is 12.3 Å². The highest BCUT2D eigenvalue weighted by Gasteiger charge is 2.32. The highest BCUT2D eigenvalue weighted by atomic mass is 15.2. The van der Waals surface area contributed by atoms with E-state index in [1.54, 1.807) is 11.1 Å². The van der Waals surface area contributed by atoms with Crippen molar-refractivity contribution in [2.75, 3.05) is 0 Å². The number of pyridine rings is 5. The van der Waals surface area contributed by atoms with E-state index in [1.807, 2.05) is 62.0 Å². The average molecular weight is 1590 g/mol. The van der Waals surface area contributed by atoms with Crippen molar-refractivity contribution in [3.8, 4) is 56.9 Å². The van der Waals surface area contributed by atoms with Gasteiger partial charge >= 0.3 is 0 Å². The third-order valence-electron chi connectivity index (χ3n) is 25.8. The maximum atomic E-state index is 4.47. The Kier molecular flexibility index (Phi) is 24.8. The largest absolute Gasteiger partial charge is 0.308 e. The van der Waals surface area contributed by atoms with Crippen LogP contribution in [0.25, 0.3) is 85.8 Å². The van der Waals surface area contributed by atoms with Crippen LogP contribution >= 0.6 is 0 Å². The molecule has 0 spiro atoms. The number of hydrogen-bond donors (Lipinski definition) is 0. The van der Waals surface area contributed by atoms with Gasteiger partial charge in [-0.05, 0) is 132 Å². The van der Waals surface area contributed by atoms with Crippen molar-refractivity contribution in [1.29, 1.82) is 0 Å². The number of nitrogens with zero attached hydrogens (tertiary/aromatic N) is 20. The minimum absolute atomic E-state index is 0.267. The van der Waals surface area contributed by atoms with Crippen molar-refractivity contribution in [3.05, 3.63) is 210 Å². The number of aromatic nitrogens is 20. The maximum Gasteiger partial charge on any atom is 0.230 e. The maximum absolute atomic E-state index is 4.47. The van der Waals surface area contributed by atoms with E-state index in [0.29, 0.717) is 29.6 Å². The lowest BCUT2D eigenvalue weighted by molar-refractivity contribution is -0.661. The van der Waals surface area contributed by atoms with E-state index in [1.165, 1.54) is 191 Å². The Hall–Kier alpha value is -10.5. The molecule has 20 heteroatoms. The van der Waals surface area contributed by atoms with Gasteiger partial charge < -0.3 is 22.8 Å². The molecule has 3 saturated carbocycles. The summed E-state index contributed by atoms with van der Waals surface area (Å²) in [4.78, 5) is 22.2. The van der Waals surface area contributed by atoms with E-state index < -0.39 is 0 Å². The fourth-order valence-corrected chi connectivity index (χ4v) is 19.4. The van der Waals surface area contributed by atoms with E-state index >= 15 is 0 Å². The van der Waals surface area contributed by atoms with Crippen molar-refractivity contribution in [2.24, 2.45) is 75.9 Å². The molecule has 0 aliphatic heterocycles. The Morgan fingerprint density at radius 3 is 0.873 bits per heavy atom. The van der Waals surface area contributed by atoms with Gasteiger partial charge in [0.15, 0.2) is 31.0 Å². The van der Waals surface area contributed by atoms with Crippen LogP contribution in [-0.4, -0.2) is 69.8 Å². The summed E-state index contributed by atoms with van der Waals surface area (Å²) in [5.41, 5.74) is 27.4. The minimum Gasteiger partial charge on any atom is -0.308 e. The second-order valence-electron chi connectivity index (χ2n) is 37.4. The molecule has 0 bridgehead atoms. The van der Waals surface area contributed by atoms with Crippen molar-refractivity contribution in [1.82, 2.24) is 69.8 Å². The molecule has 3 aliphatic rings. The second-order valence-corrected chi connectivity index (χ2v) is 37.4. The summed E-state index contributed by atoms with van der Waals surface area (Å²) in [6.45, 7) is 32.0. The van der Waals surface area contributed by atoms with Gasteiger partial charge in [0.25, 0.3) is 0 Å². The molecule has 3 fully saturated rings.